The molecule has 3 N–H and O–H groups in total. The number of hydrogen-bond donors (Lipinski definition) is 3. The normalized spacial score (nSPS) is 17.4. The number of nitrogens with one attached hydrogen (secondary N) is 3. The molecule has 2 unspecified atom stereocenters. The summed E-state index contributed by atoms with van der Waals surface area (Å²) in [4.78, 5) is 24.0. The second kappa shape index (κ2) is 12.0. The van der Waals surface area contributed by atoms with E-state index in [9.17, 15) is 9.59 Å². The maximum atomic E-state index is 13.2. The van der Waals surface area contributed by atoms with Crippen molar-refractivity contribution >= 4 is 29.6 Å². The van der Waals surface area contributed by atoms with Crippen molar-refractivity contribution in [2.75, 3.05) is 18.4 Å². The lowest BCUT2D eigenvalue weighted by Gasteiger charge is -2.31. The summed E-state index contributed by atoms with van der Waals surface area (Å²) in [7, 11) is 0. The van der Waals surface area contributed by atoms with Gasteiger partial charge in [0.1, 0.15) is 6.04 Å². The third-order valence-electron chi connectivity index (χ3n) is 6.98. The van der Waals surface area contributed by atoms with Gasteiger partial charge in [0.25, 0.3) is 0 Å². The molecular weight excluding hydrogens is 458 g/mol. The molecule has 4 rings (SSSR count). The number of rotatable bonds is 12. The quantitative estimate of drug-likeness (QED) is 0.235. The van der Waals surface area contributed by atoms with Crippen LogP contribution in [0.15, 0.2) is 78.9 Å². The largest absolute Gasteiger partial charge is 0.359 e. The highest BCUT2D eigenvalue weighted by Gasteiger charge is 2.37. The van der Waals surface area contributed by atoms with Gasteiger partial charge in [0.05, 0.1) is 0 Å². The van der Waals surface area contributed by atoms with Gasteiger partial charge in [0.2, 0.25) is 12.3 Å². The molecule has 0 heterocycles. The summed E-state index contributed by atoms with van der Waals surface area (Å²) < 4.78 is 0. The number of halogens is 1. The first-order chi connectivity index (χ1) is 17.1. The molecule has 0 fully saturated rings. The monoisotopic (exact) mass is 489 g/mol. The SMILES string of the molecule is O=CNCCC1(CCCNC(C(=O)Nc2ccc(Cl)cc2)c2ccccc2)CCc2ccccc21. The van der Waals surface area contributed by atoms with E-state index < -0.39 is 6.04 Å². The summed E-state index contributed by atoms with van der Waals surface area (Å²) in [5, 5.41) is 9.97. The first kappa shape index (κ1) is 25.0. The smallest absolute Gasteiger partial charge is 0.246 e. The van der Waals surface area contributed by atoms with E-state index in [1.165, 1.54) is 11.1 Å². The lowest BCUT2D eigenvalue weighted by Crippen LogP contribution is -2.35. The van der Waals surface area contributed by atoms with Crippen LogP contribution >= 0.6 is 11.6 Å². The van der Waals surface area contributed by atoms with E-state index >= 15 is 0 Å². The van der Waals surface area contributed by atoms with Gasteiger partial charge >= 0.3 is 0 Å². The van der Waals surface area contributed by atoms with Gasteiger partial charge in [-0.25, -0.2) is 0 Å². The van der Waals surface area contributed by atoms with E-state index in [0.717, 1.165) is 44.1 Å². The maximum absolute atomic E-state index is 13.2. The van der Waals surface area contributed by atoms with Crippen molar-refractivity contribution in [1.29, 1.82) is 0 Å². The Bertz CT molecular complexity index is 1120. The molecule has 6 heteroatoms. The fourth-order valence-electron chi connectivity index (χ4n) is 5.21. The molecule has 0 aromatic heterocycles. The molecule has 0 aliphatic heterocycles. The molecule has 1 aliphatic rings. The zero-order chi connectivity index (χ0) is 24.5. The summed E-state index contributed by atoms with van der Waals surface area (Å²) in [5.41, 5.74) is 4.52. The maximum Gasteiger partial charge on any atom is 0.246 e. The molecular formula is C29H32ClN3O2. The van der Waals surface area contributed by atoms with Crippen LogP contribution in [0.2, 0.25) is 5.02 Å². The highest BCUT2D eigenvalue weighted by Crippen LogP contribution is 2.44. The zero-order valence-electron chi connectivity index (χ0n) is 19.8. The molecule has 0 spiro atoms. The number of benzene rings is 3. The van der Waals surface area contributed by atoms with Gasteiger partial charge < -0.3 is 16.0 Å². The van der Waals surface area contributed by atoms with E-state index in [4.69, 9.17) is 11.6 Å². The molecule has 35 heavy (non-hydrogen) atoms. The molecule has 0 bridgehead atoms. The van der Waals surface area contributed by atoms with Crippen LogP contribution < -0.4 is 16.0 Å². The van der Waals surface area contributed by atoms with Crippen LogP contribution in [-0.4, -0.2) is 25.4 Å². The molecule has 3 aromatic carbocycles. The number of hydrogen-bond acceptors (Lipinski definition) is 3. The standard InChI is InChI=1S/C29H32ClN3O2/c30-24-11-13-25(14-12-24)33-28(35)27(23-8-2-1-3-9-23)32-19-6-16-29(18-20-31-21-34)17-15-22-7-4-5-10-26(22)29/h1-5,7-14,21,27,32H,6,15-20H2,(H,31,34)(H,33,35). The lowest BCUT2D eigenvalue weighted by molar-refractivity contribution is -0.118. The van der Waals surface area contributed by atoms with Gasteiger partial charge in [-0.05, 0) is 85.0 Å². The molecule has 1 aliphatic carbocycles. The van der Waals surface area contributed by atoms with Crippen molar-refractivity contribution in [3.63, 3.8) is 0 Å². The van der Waals surface area contributed by atoms with Gasteiger partial charge in [-0.15, -0.1) is 0 Å². The Morgan fingerprint density at radius 2 is 1.69 bits per heavy atom. The third-order valence-corrected chi connectivity index (χ3v) is 7.23. The zero-order valence-corrected chi connectivity index (χ0v) is 20.6. The Hall–Kier alpha value is -3.15. The van der Waals surface area contributed by atoms with Crippen molar-refractivity contribution in [1.82, 2.24) is 10.6 Å². The average Bonchev–Trinajstić information content (AvgIpc) is 3.25. The molecule has 0 saturated heterocycles. The Kier molecular flexibility index (Phi) is 8.56. The highest BCUT2D eigenvalue weighted by atomic mass is 35.5. The third kappa shape index (κ3) is 6.30. The summed E-state index contributed by atoms with van der Waals surface area (Å²) >= 11 is 5.98. The van der Waals surface area contributed by atoms with Crippen molar-refractivity contribution in [2.45, 2.75) is 43.6 Å². The van der Waals surface area contributed by atoms with Gasteiger partial charge in [0.15, 0.2) is 0 Å². The van der Waals surface area contributed by atoms with Crippen molar-refractivity contribution in [2.24, 2.45) is 0 Å². The number of anilines is 1. The van der Waals surface area contributed by atoms with E-state index in [1.807, 2.05) is 30.3 Å². The number of fused-ring (bicyclic) bond motifs is 1. The summed E-state index contributed by atoms with van der Waals surface area (Å²) in [6.07, 6.45) is 5.78. The highest BCUT2D eigenvalue weighted by molar-refractivity contribution is 6.30. The molecule has 182 valence electrons. The van der Waals surface area contributed by atoms with E-state index in [0.29, 0.717) is 23.8 Å². The molecule has 0 saturated carbocycles. The van der Waals surface area contributed by atoms with Crippen LogP contribution in [0.4, 0.5) is 5.69 Å². The van der Waals surface area contributed by atoms with E-state index in [1.54, 1.807) is 24.3 Å². The fraction of sp³-hybridized carbons (Fsp3) is 0.310. The van der Waals surface area contributed by atoms with Gasteiger partial charge in [-0.1, -0.05) is 66.2 Å². The molecule has 0 radical (unpaired) electrons. The van der Waals surface area contributed by atoms with Crippen LogP contribution in [0.3, 0.4) is 0 Å². The number of amides is 2. The molecule has 5 nitrogen and oxygen atoms in total. The van der Waals surface area contributed by atoms with Crippen molar-refractivity contribution < 1.29 is 9.59 Å². The molecule has 2 atom stereocenters. The lowest BCUT2D eigenvalue weighted by atomic mass is 9.75. The Labute approximate surface area is 212 Å². The second-order valence-electron chi connectivity index (χ2n) is 9.16. The van der Waals surface area contributed by atoms with Crippen LogP contribution in [0, 0.1) is 0 Å². The minimum absolute atomic E-state index is 0.0576. The van der Waals surface area contributed by atoms with E-state index in [-0.39, 0.29) is 11.3 Å². The molecule has 3 aromatic rings. The topological polar surface area (TPSA) is 70.2 Å². The van der Waals surface area contributed by atoms with Crippen LogP contribution in [-0.2, 0) is 21.4 Å². The van der Waals surface area contributed by atoms with Gasteiger partial charge in [-0.3, -0.25) is 9.59 Å². The molecule has 2 amide bonds. The second-order valence-corrected chi connectivity index (χ2v) is 9.59. The summed E-state index contributed by atoms with van der Waals surface area (Å²) in [5.74, 6) is -0.102. The Morgan fingerprint density at radius 3 is 2.46 bits per heavy atom. The predicted octanol–water partition coefficient (Wildman–Crippen LogP) is 5.41. The summed E-state index contributed by atoms with van der Waals surface area (Å²) in [6.45, 7) is 1.38. The fourth-order valence-corrected chi connectivity index (χ4v) is 5.33. The van der Waals surface area contributed by atoms with Gasteiger partial charge in [-0.2, -0.15) is 0 Å². The van der Waals surface area contributed by atoms with Crippen LogP contribution in [0.1, 0.15) is 48.4 Å². The van der Waals surface area contributed by atoms with Crippen molar-refractivity contribution in [3.05, 3.63) is 101 Å². The minimum Gasteiger partial charge on any atom is -0.359 e. The van der Waals surface area contributed by atoms with Gasteiger partial charge in [0, 0.05) is 17.3 Å². The summed E-state index contributed by atoms with van der Waals surface area (Å²) in [6, 6.07) is 25.1. The van der Waals surface area contributed by atoms with Crippen molar-refractivity contribution in [3.8, 4) is 0 Å². The average molecular weight is 490 g/mol. The number of carbonyl (C=O) groups is 2. The number of aryl methyl sites for hydroxylation is 1. The first-order valence-electron chi connectivity index (χ1n) is 12.2. The Morgan fingerprint density at radius 1 is 0.943 bits per heavy atom. The van der Waals surface area contributed by atoms with Crippen LogP contribution in [0.5, 0.6) is 0 Å². The van der Waals surface area contributed by atoms with E-state index in [2.05, 4.69) is 40.2 Å². The van der Waals surface area contributed by atoms with Crippen LogP contribution in [0.25, 0.3) is 0 Å². The Balaban J connectivity index is 1.42. The minimum atomic E-state index is -0.463. The predicted molar refractivity (Wildman–Crippen MR) is 142 cm³/mol. The first-order valence-corrected chi connectivity index (χ1v) is 12.6. The number of carbonyl (C=O) groups excluding carboxylic acids is 2.